The second kappa shape index (κ2) is 7.02. The lowest BCUT2D eigenvalue weighted by Crippen LogP contribution is -2.43. The predicted molar refractivity (Wildman–Crippen MR) is 79.3 cm³/mol. The van der Waals surface area contributed by atoms with Crippen LogP contribution in [0, 0.1) is 5.41 Å². The lowest BCUT2D eigenvalue weighted by molar-refractivity contribution is 0.309. The van der Waals surface area contributed by atoms with Crippen molar-refractivity contribution in [1.82, 2.24) is 13.9 Å². The Morgan fingerprint density at radius 1 is 1.26 bits per heavy atom. The predicted octanol–water partition coefficient (Wildman–Crippen LogP) is 1.28. The SMILES string of the molecule is CNCCCN(C)S(=O)(=O)N1CCCC(C)(C)CC1. The minimum Gasteiger partial charge on any atom is -0.320 e. The largest absolute Gasteiger partial charge is 0.320 e. The van der Waals surface area contributed by atoms with Crippen LogP contribution in [0.2, 0.25) is 0 Å². The first kappa shape index (κ1) is 16.9. The molecule has 0 amide bonds. The van der Waals surface area contributed by atoms with Crippen molar-refractivity contribution in [1.29, 1.82) is 0 Å². The lowest BCUT2D eigenvalue weighted by Gasteiger charge is -2.27. The molecule has 0 aromatic heterocycles. The summed E-state index contributed by atoms with van der Waals surface area (Å²) in [6, 6.07) is 0. The number of nitrogens with zero attached hydrogens (tertiary/aromatic N) is 2. The minimum atomic E-state index is -3.28. The molecule has 1 heterocycles. The summed E-state index contributed by atoms with van der Waals surface area (Å²) in [4.78, 5) is 0. The van der Waals surface area contributed by atoms with E-state index in [0.29, 0.717) is 19.6 Å². The van der Waals surface area contributed by atoms with Crippen molar-refractivity contribution >= 4 is 10.2 Å². The molecule has 0 aromatic carbocycles. The van der Waals surface area contributed by atoms with Crippen LogP contribution in [0.3, 0.4) is 0 Å². The van der Waals surface area contributed by atoms with E-state index in [2.05, 4.69) is 19.2 Å². The van der Waals surface area contributed by atoms with Crippen molar-refractivity contribution in [2.75, 3.05) is 40.3 Å². The van der Waals surface area contributed by atoms with Crippen LogP contribution < -0.4 is 5.32 Å². The molecular weight excluding hydrogens is 262 g/mol. The van der Waals surface area contributed by atoms with Gasteiger partial charge in [-0.25, -0.2) is 0 Å². The van der Waals surface area contributed by atoms with Crippen LogP contribution in [0.1, 0.15) is 39.5 Å². The first-order valence-corrected chi connectivity index (χ1v) is 8.55. The van der Waals surface area contributed by atoms with Gasteiger partial charge in [0.05, 0.1) is 0 Å². The second-order valence-corrected chi connectivity index (χ2v) is 8.24. The maximum absolute atomic E-state index is 12.5. The van der Waals surface area contributed by atoms with E-state index in [-0.39, 0.29) is 5.41 Å². The van der Waals surface area contributed by atoms with Crippen LogP contribution in [-0.4, -0.2) is 57.3 Å². The van der Waals surface area contributed by atoms with Gasteiger partial charge in [-0.2, -0.15) is 17.0 Å². The number of hydrogen-bond donors (Lipinski definition) is 1. The number of nitrogens with one attached hydrogen (secondary N) is 1. The Morgan fingerprint density at radius 2 is 1.95 bits per heavy atom. The molecule has 0 unspecified atom stereocenters. The zero-order valence-corrected chi connectivity index (χ0v) is 13.6. The first-order valence-electron chi connectivity index (χ1n) is 7.16. The molecule has 114 valence electrons. The van der Waals surface area contributed by atoms with Crippen LogP contribution in [0.5, 0.6) is 0 Å². The molecule has 19 heavy (non-hydrogen) atoms. The highest BCUT2D eigenvalue weighted by molar-refractivity contribution is 7.86. The van der Waals surface area contributed by atoms with Crippen LogP contribution in [0.25, 0.3) is 0 Å². The molecule has 5 nitrogen and oxygen atoms in total. The van der Waals surface area contributed by atoms with Gasteiger partial charge in [-0.05, 0) is 44.7 Å². The average molecular weight is 291 g/mol. The Hall–Kier alpha value is -0.170. The van der Waals surface area contributed by atoms with Crippen LogP contribution >= 0.6 is 0 Å². The molecule has 1 fully saturated rings. The van der Waals surface area contributed by atoms with Gasteiger partial charge >= 0.3 is 0 Å². The molecule has 6 heteroatoms. The summed E-state index contributed by atoms with van der Waals surface area (Å²) in [6.45, 7) is 7.16. The summed E-state index contributed by atoms with van der Waals surface area (Å²) in [5, 5.41) is 3.04. The maximum Gasteiger partial charge on any atom is 0.281 e. The smallest absolute Gasteiger partial charge is 0.281 e. The fourth-order valence-electron chi connectivity index (χ4n) is 2.42. The normalized spacial score (nSPS) is 21.5. The van der Waals surface area contributed by atoms with E-state index in [1.54, 1.807) is 11.4 Å². The van der Waals surface area contributed by atoms with Gasteiger partial charge in [0.25, 0.3) is 10.2 Å². The quantitative estimate of drug-likeness (QED) is 0.750. The van der Waals surface area contributed by atoms with Crippen LogP contribution in [0.15, 0.2) is 0 Å². The molecule has 0 atom stereocenters. The molecule has 1 aliphatic rings. The molecule has 1 aliphatic heterocycles. The minimum absolute atomic E-state index is 0.259. The monoisotopic (exact) mass is 291 g/mol. The summed E-state index contributed by atoms with van der Waals surface area (Å²) in [5.74, 6) is 0. The molecule has 1 saturated heterocycles. The molecule has 1 N–H and O–H groups in total. The van der Waals surface area contributed by atoms with E-state index in [4.69, 9.17) is 0 Å². The number of hydrogen-bond acceptors (Lipinski definition) is 3. The Kier molecular flexibility index (Phi) is 6.23. The van der Waals surface area contributed by atoms with E-state index < -0.39 is 10.2 Å². The van der Waals surface area contributed by atoms with Crippen molar-refractivity contribution in [2.24, 2.45) is 5.41 Å². The summed E-state index contributed by atoms with van der Waals surface area (Å²) in [6.07, 6.45) is 3.83. The molecule has 0 aromatic rings. The molecule has 0 radical (unpaired) electrons. The standard InChI is InChI=1S/C13H29N3O2S/c1-13(2)7-5-11-16(12-8-13)19(17,18)15(4)10-6-9-14-3/h14H,5-12H2,1-4H3. The fourth-order valence-corrected chi connectivity index (χ4v) is 3.86. The van der Waals surface area contributed by atoms with E-state index in [1.807, 2.05) is 7.05 Å². The number of rotatable bonds is 6. The van der Waals surface area contributed by atoms with E-state index in [9.17, 15) is 8.42 Å². The molecule has 0 spiro atoms. The van der Waals surface area contributed by atoms with Crippen molar-refractivity contribution in [3.05, 3.63) is 0 Å². The highest BCUT2D eigenvalue weighted by Gasteiger charge is 2.31. The van der Waals surface area contributed by atoms with Crippen molar-refractivity contribution in [3.63, 3.8) is 0 Å². The molecule has 0 saturated carbocycles. The van der Waals surface area contributed by atoms with Gasteiger partial charge in [-0.3, -0.25) is 0 Å². The van der Waals surface area contributed by atoms with Gasteiger partial charge in [-0.15, -0.1) is 0 Å². The topological polar surface area (TPSA) is 52.7 Å². The van der Waals surface area contributed by atoms with E-state index >= 15 is 0 Å². The van der Waals surface area contributed by atoms with Crippen molar-refractivity contribution in [2.45, 2.75) is 39.5 Å². The highest BCUT2D eigenvalue weighted by Crippen LogP contribution is 2.30. The fraction of sp³-hybridized carbons (Fsp3) is 1.00. The van der Waals surface area contributed by atoms with Crippen LogP contribution in [-0.2, 0) is 10.2 Å². The molecule has 0 bridgehead atoms. The summed E-state index contributed by atoms with van der Waals surface area (Å²) < 4.78 is 28.1. The van der Waals surface area contributed by atoms with Gasteiger partial charge in [0.15, 0.2) is 0 Å². The zero-order chi connectivity index (χ0) is 14.5. The third kappa shape index (κ3) is 5.02. The van der Waals surface area contributed by atoms with Crippen molar-refractivity contribution < 1.29 is 8.42 Å². The van der Waals surface area contributed by atoms with Gasteiger partial charge in [-0.1, -0.05) is 13.8 Å². The Morgan fingerprint density at radius 3 is 2.58 bits per heavy atom. The molecular formula is C13H29N3O2S. The van der Waals surface area contributed by atoms with E-state index in [0.717, 1.165) is 32.2 Å². The first-order chi connectivity index (χ1) is 8.79. The lowest BCUT2D eigenvalue weighted by atomic mass is 9.85. The second-order valence-electron chi connectivity index (χ2n) is 6.20. The zero-order valence-electron chi connectivity index (χ0n) is 12.8. The Bertz CT molecular complexity index is 368. The van der Waals surface area contributed by atoms with Gasteiger partial charge in [0.1, 0.15) is 0 Å². The van der Waals surface area contributed by atoms with Gasteiger partial charge < -0.3 is 5.32 Å². The Balaban J connectivity index is 2.61. The summed E-state index contributed by atoms with van der Waals surface area (Å²) in [5.41, 5.74) is 0.259. The molecule has 0 aliphatic carbocycles. The third-order valence-corrected chi connectivity index (χ3v) is 5.91. The highest BCUT2D eigenvalue weighted by atomic mass is 32.2. The summed E-state index contributed by atoms with van der Waals surface area (Å²) in [7, 11) is 0.285. The third-order valence-electron chi connectivity index (χ3n) is 3.92. The maximum atomic E-state index is 12.5. The summed E-state index contributed by atoms with van der Waals surface area (Å²) >= 11 is 0. The average Bonchev–Trinajstić information content (AvgIpc) is 2.50. The van der Waals surface area contributed by atoms with Gasteiger partial charge in [0, 0.05) is 26.7 Å². The van der Waals surface area contributed by atoms with Crippen LogP contribution in [0.4, 0.5) is 0 Å². The molecule has 1 rings (SSSR count). The van der Waals surface area contributed by atoms with Gasteiger partial charge in [0.2, 0.25) is 0 Å². The Labute approximate surface area is 118 Å². The van der Waals surface area contributed by atoms with Crippen molar-refractivity contribution in [3.8, 4) is 0 Å². The van der Waals surface area contributed by atoms with E-state index in [1.165, 1.54) is 4.31 Å².